The lowest BCUT2D eigenvalue weighted by Crippen LogP contribution is -2.40. The van der Waals surface area contributed by atoms with Crippen LogP contribution in [0.15, 0.2) is 53.0 Å². The molecule has 0 unspecified atom stereocenters. The molecule has 1 saturated heterocycles. The predicted molar refractivity (Wildman–Crippen MR) is 104 cm³/mol. The molecular formula is C20H19BrClNO3. The van der Waals surface area contributed by atoms with E-state index in [9.17, 15) is 9.59 Å². The highest BCUT2D eigenvalue weighted by atomic mass is 79.9. The molecule has 1 aliphatic heterocycles. The number of carbonyl (C=O) groups is 2. The van der Waals surface area contributed by atoms with Gasteiger partial charge in [0.2, 0.25) is 0 Å². The van der Waals surface area contributed by atoms with E-state index in [1.165, 1.54) is 0 Å². The van der Waals surface area contributed by atoms with Crippen molar-refractivity contribution in [2.45, 2.75) is 19.4 Å². The summed E-state index contributed by atoms with van der Waals surface area (Å²) in [5.74, 6) is -0.396. The van der Waals surface area contributed by atoms with Crippen molar-refractivity contribution >= 4 is 39.4 Å². The Kier molecular flexibility index (Phi) is 6.33. The van der Waals surface area contributed by atoms with Gasteiger partial charge in [0, 0.05) is 33.7 Å². The van der Waals surface area contributed by atoms with Gasteiger partial charge in [-0.3, -0.25) is 9.59 Å². The molecule has 4 nitrogen and oxygen atoms in total. The van der Waals surface area contributed by atoms with Gasteiger partial charge in [-0.25, -0.2) is 0 Å². The monoisotopic (exact) mass is 435 g/mol. The van der Waals surface area contributed by atoms with Gasteiger partial charge in [0.25, 0.3) is 5.91 Å². The van der Waals surface area contributed by atoms with E-state index < -0.39 is 0 Å². The van der Waals surface area contributed by atoms with Gasteiger partial charge in [0.15, 0.2) is 0 Å². The number of benzene rings is 2. The summed E-state index contributed by atoms with van der Waals surface area (Å²) in [6.45, 7) is 1.29. The molecular weight excluding hydrogens is 418 g/mol. The third-order valence-corrected chi connectivity index (χ3v) is 5.43. The zero-order valence-electron chi connectivity index (χ0n) is 14.2. The topological polar surface area (TPSA) is 46.6 Å². The first-order valence-corrected chi connectivity index (χ1v) is 9.66. The molecule has 0 atom stereocenters. The normalized spacial score (nSPS) is 14.9. The van der Waals surface area contributed by atoms with Crippen molar-refractivity contribution in [3.05, 3.63) is 69.2 Å². The van der Waals surface area contributed by atoms with Crippen molar-refractivity contribution < 1.29 is 14.3 Å². The minimum atomic E-state index is -0.222. The van der Waals surface area contributed by atoms with E-state index in [1.807, 2.05) is 30.3 Å². The number of esters is 1. The van der Waals surface area contributed by atoms with Crippen LogP contribution in [0.25, 0.3) is 0 Å². The number of piperidine rings is 1. The quantitative estimate of drug-likeness (QED) is 0.653. The Bertz CT molecular complexity index is 786. The Morgan fingerprint density at radius 1 is 1.08 bits per heavy atom. The number of hydrogen-bond donors (Lipinski definition) is 0. The smallest absolute Gasteiger partial charge is 0.309 e. The van der Waals surface area contributed by atoms with Crippen LogP contribution in [0.1, 0.15) is 28.8 Å². The van der Waals surface area contributed by atoms with Crippen LogP contribution in [0.3, 0.4) is 0 Å². The highest BCUT2D eigenvalue weighted by Crippen LogP contribution is 2.22. The van der Waals surface area contributed by atoms with E-state index in [0.29, 0.717) is 36.5 Å². The number of ether oxygens (including phenoxy) is 1. The van der Waals surface area contributed by atoms with Crippen LogP contribution in [-0.2, 0) is 16.1 Å². The van der Waals surface area contributed by atoms with Crippen LogP contribution in [0.4, 0.5) is 0 Å². The molecule has 6 heteroatoms. The van der Waals surface area contributed by atoms with Crippen molar-refractivity contribution in [2.24, 2.45) is 5.92 Å². The number of hydrogen-bond acceptors (Lipinski definition) is 3. The highest BCUT2D eigenvalue weighted by molar-refractivity contribution is 9.10. The summed E-state index contributed by atoms with van der Waals surface area (Å²) < 4.78 is 6.35. The maximum atomic E-state index is 12.5. The van der Waals surface area contributed by atoms with Gasteiger partial charge in [0.1, 0.15) is 6.61 Å². The molecule has 1 fully saturated rings. The standard InChI is InChI=1S/C20H19BrClNO3/c21-17-7-5-14(6-8-17)19(24)23-11-9-15(10-12-23)20(25)26-13-16-3-1-2-4-18(16)22/h1-8,15H,9-13H2. The fourth-order valence-corrected chi connectivity index (χ4v) is 3.43. The third-order valence-electron chi connectivity index (χ3n) is 4.53. The van der Waals surface area contributed by atoms with Crippen molar-refractivity contribution in [3.63, 3.8) is 0 Å². The fraction of sp³-hybridized carbons (Fsp3) is 0.300. The molecule has 26 heavy (non-hydrogen) atoms. The maximum absolute atomic E-state index is 12.5. The number of carbonyl (C=O) groups excluding carboxylic acids is 2. The Morgan fingerprint density at radius 2 is 1.73 bits per heavy atom. The van der Waals surface area contributed by atoms with E-state index in [1.54, 1.807) is 23.1 Å². The number of halogens is 2. The van der Waals surface area contributed by atoms with Crippen LogP contribution in [0.5, 0.6) is 0 Å². The van der Waals surface area contributed by atoms with Crippen LogP contribution in [0, 0.1) is 5.92 Å². The molecule has 0 N–H and O–H groups in total. The first kappa shape index (κ1) is 18.9. The second-order valence-electron chi connectivity index (χ2n) is 6.27. The summed E-state index contributed by atoms with van der Waals surface area (Å²) in [5.41, 5.74) is 1.46. The molecule has 2 aromatic rings. The van der Waals surface area contributed by atoms with E-state index in [0.717, 1.165) is 10.0 Å². The summed E-state index contributed by atoms with van der Waals surface area (Å²) in [7, 11) is 0. The number of likely N-dealkylation sites (tertiary alicyclic amines) is 1. The lowest BCUT2D eigenvalue weighted by Gasteiger charge is -2.31. The molecule has 0 spiro atoms. The zero-order valence-corrected chi connectivity index (χ0v) is 16.5. The first-order chi connectivity index (χ1) is 12.5. The number of nitrogens with zero attached hydrogens (tertiary/aromatic N) is 1. The Labute approximate surface area is 166 Å². The summed E-state index contributed by atoms with van der Waals surface area (Å²) in [6, 6.07) is 14.6. The number of rotatable bonds is 4. The lowest BCUT2D eigenvalue weighted by molar-refractivity contribution is -0.151. The Morgan fingerprint density at radius 3 is 2.38 bits per heavy atom. The molecule has 3 rings (SSSR count). The van der Waals surface area contributed by atoms with E-state index in [2.05, 4.69) is 15.9 Å². The highest BCUT2D eigenvalue weighted by Gasteiger charge is 2.28. The number of amides is 1. The van der Waals surface area contributed by atoms with Crippen LogP contribution in [-0.4, -0.2) is 29.9 Å². The van der Waals surface area contributed by atoms with Crippen LogP contribution < -0.4 is 0 Å². The van der Waals surface area contributed by atoms with Crippen LogP contribution in [0.2, 0.25) is 5.02 Å². The van der Waals surface area contributed by atoms with E-state index in [4.69, 9.17) is 16.3 Å². The molecule has 1 aliphatic rings. The molecule has 0 bridgehead atoms. The van der Waals surface area contributed by atoms with Crippen molar-refractivity contribution in [3.8, 4) is 0 Å². The fourth-order valence-electron chi connectivity index (χ4n) is 2.98. The van der Waals surface area contributed by atoms with Crippen LogP contribution >= 0.6 is 27.5 Å². The van der Waals surface area contributed by atoms with Gasteiger partial charge in [-0.15, -0.1) is 0 Å². The minimum Gasteiger partial charge on any atom is -0.461 e. The van der Waals surface area contributed by atoms with Crippen molar-refractivity contribution in [1.82, 2.24) is 4.90 Å². The SMILES string of the molecule is O=C(OCc1ccccc1Cl)C1CCN(C(=O)c2ccc(Br)cc2)CC1. The minimum absolute atomic E-state index is 0.000356. The van der Waals surface area contributed by atoms with Gasteiger partial charge >= 0.3 is 5.97 Å². The van der Waals surface area contributed by atoms with Gasteiger partial charge < -0.3 is 9.64 Å². The predicted octanol–water partition coefficient (Wildman–Crippen LogP) is 4.70. The summed E-state index contributed by atoms with van der Waals surface area (Å²) in [5, 5.41) is 0.593. The van der Waals surface area contributed by atoms with Crippen molar-refractivity contribution in [2.75, 3.05) is 13.1 Å². The second kappa shape index (κ2) is 8.69. The first-order valence-electron chi connectivity index (χ1n) is 8.49. The average Bonchev–Trinajstić information content (AvgIpc) is 2.67. The molecule has 2 aromatic carbocycles. The van der Waals surface area contributed by atoms with Gasteiger partial charge in [0.05, 0.1) is 5.92 Å². The van der Waals surface area contributed by atoms with Gasteiger partial charge in [-0.05, 0) is 43.2 Å². The molecule has 0 saturated carbocycles. The summed E-state index contributed by atoms with van der Waals surface area (Å²) in [4.78, 5) is 26.6. The van der Waals surface area contributed by atoms with Crippen molar-refractivity contribution in [1.29, 1.82) is 0 Å². The van der Waals surface area contributed by atoms with Gasteiger partial charge in [-0.1, -0.05) is 45.7 Å². The Balaban J connectivity index is 1.50. The largest absolute Gasteiger partial charge is 0.461 e. The molecule has 136 valence electrons. The average molecular weight is 437 g/mol. The molecule has 0 aromatic heterocycles. The maximum Gasteiger partial charge on any atom is 0.309 e. The van der Waals surface area contributed by atoms with E-state index >= 15 is 0 Å². The summed E-state index contributed by atoms with van der Waals surface area (Å²) in [6.07, 6.45) is 1.23. The molecule has 1 heterocycles. The van der Waals surface area contributed by atoms with Gasteiger partial charge in [-0.2, -0.15) is 0 Å². The second-order valence-corrected chi connectivity index (χ2v) is 7.60. The van der Waals surface area contributed by atoms with E-state index in [-0.39, 0.29) is 24.4 Å². The zero-order chi connectivity index (χ0) is 18.5. The summed E-state index contributed by atoms with van der Waals surface area (Å²) >= 11 is 9.44. The third kappa shape index (κ3) is 4.65. The Hall–Kier alpha value is -1.85. The molecule has 0 aliphatic carbocycles. The molecule has 1 amide bonds. The molecule has 0 radical (unpaired) electrons. The lowest BCUT2D eigenvalue weighted by atomic mass is 9.96.